The molecule has 2 atom stereocenters. The minimum absolute atomic E-state index is 0.0527. The number of phosphoric acid groups is 1. The zero-order chi connectivity index (χ0) is 44.6. The van der Waals surface area contributed by atoms with Crippen molar-refractivity contribution in [3.05, 3.63) is 36.5 Å². The van der Waals surface area contributed by atoms with E-state index in [-0.39, 0.29) is 38.6 Å². The highest BCUT2D eigenvalue weighted by Crippen LogP contribution is 2.43. The monoisotopic (exact) mass is 882 g/mol. The quantitative estimate of drug-likeness (QED) is 0.0265. The highest BCUT2D eigenvalue weighted by molar-refractivity contribution is 7.47. The van der Waals surface area contributed by atoms with Crippen LogP contribution in [0.25, 0.3) is 0 Å². The predicted molar refractivity (Wildman–Crippen MR) is 257 cm³/mol. The van der Waals surface area contributed by atoms with Gasteiger partial charge in [0.1, 0.15) is 6.61 Å². The van der Waals surface area contributed by atoms with Gasteiger partial charge in [-0.15, -0.1) is 0 Å². The Kier molecular flexibility index (Phi) is 46.3. The Morgan fingerprint density at radius 2 is 0.852 bits per heavy atom. The van der Waals surface area contributed by atoms with Crippen LogP contribution in [-0.4, -0.2) is 49.3 Å². The van der Waals surface area contributed by atoms with Crippen molar-refractivity contribution >= 4 is 19.8 Å². The number of rotatable bonds is 48. The summed E-state index contributed by atoms with van der Waals surface area (Å²) in [5, 5.41) is 0. The number of carbonyl (C=O) groups is 2. The van der Waals surface area contributed by atoms with E-state index in [1.54, 1.807) is 0 Å². The Labute approximate surface area is 375 Å². The van der Waals surface area contributed by atoms with Gasteiger partial charge < -0.3 is 20.1 Å². The number of phosphoric ester groups is 1. The average Bonchev–Trinajstić information content (AvgIpc) is 3.25. The van der Waals surface area contributed by atoms with Crippen molar-refractivity contribution in [3.8, 4) is 0 Å². The lowest BCUT2D eigenvalue weighted by molar-refractivity contribution is -0.161. The first kappa shape index (κ1) is 59.2. The van der Waals surface area contributed by atoms with Gasteiger partial charge in [0.15, 0.2) is 6.10 Å². The lowest BCUT2D eigenvalue weighted by Crippen LogP contribution is -2.29. The molecular weight excluding hydrogens is 786 g/mol. The van der Waals surface area contributed by atoms with Gasteiger partial charge in [0, 0.05) is 19.4 Å². The van der Waals surface area contributed by atoms with Gasteiger partial charge in [-0.2, -0.15) is 0 Å². The van der Waals surface area contributed by atoms with Crippen LogP contribution in [0, 0.1) is 0 Å². The number of hydrogen-bond acceptors (Lipinski definition) is 8. The molecule has 0 spiro atoms. The molecule has 61 heavy (non-hydrogen) atoms. The summed E-state index contributed by atoms with van der Waals surface area (Å²) in [5.41, 5.74) is 5.36. The van der Waals surface area contributed by atoms with E-state index in [0.717, 1.165) is 64.2 Å². The van der Waals surface area contributed by atoms with E-state index in [2.05, 4.69) is 50.3 Å². The summed E-state index contributed by atoms with van der Waals surface area (Å²) in [6.07, 6.45) is 54.7. The van der Waals surface area contributed by atoms with E-state index in [1.165, 1.54) is 148 Å². The summed E-state index contributed by atoms with van der Waals surface area (Å²) >= 11 is 0. The first-order valence-electron chi connectivity index (χ1n) is 25.5. The van der Waals surface area contributed by atoms with Crippen LogP contribution < -0.4 is 5.73 Å². The zero-order valence-electron chi connectivity index (χ0n) is 39.7. The van der Waals surface area contributed by atoms with Crippen molar-refractivity contribution in [1.29, 1.82) is 0 Å². The van der Waals surface area contributed by atoms with Crippen LogP contribution >= 0.6 is 7.82 Å². The Bertz CT molecular complexity index is 1100. The van der Waals surface area contributed by atoms with Gasteiger partial charge in [-0.05, 0) is 70.6 Å². The fraction of sp³-hybridized carbons (Fsp3) is 0.843. The molecule has 0 aromatic rings. The summed E-state index contributed by atoms with van der Waals surface area (Å²) in [6, 6.07) is 0. The van der Waals surface area contributed by atoms with E-state index >= 15 is 0 Å². The number of nitrogens with two attached hydrogens (primary N) is 1. The van der Waals surface area contributed by atoms with Crippen LogP contribution in [0.4, 0.5) is 0 Å². The normalized spacial score (nSPS) is 13.4. The Morgan fingerprint density at radius 3 is 1.26 bits per heavy atom. The second-order valence-electron chi connectivity index (χ2n) is 17.0. The maximum absolute atomic E-state index is 12.6. The van der Waals surface area contributed by atoms with Gasteiger partial charge in [0.2, 0.25) is 0 Å². The molecule has 0 aromatic carbocycles. The minimum Gasteiger partial charge on any atom is -0.462 e. The van der Waals surface area contributed by atoms with Gasteiger partial charge in [0.05, 0.1) is 13.2 Å². The standard InChI is InChI=1S/C51H96NO8P/c1-3-5-7-9-11-13-15-17-19-20-21-22-23-24-25-26-27-28-30-32-34-36-38-40-42-44-51(54)60-49(48-59-61(55,56)58-46-45-52)47-57-50(53)43-41-39-37-35-33-31-29-18-16-14-12-10-8-6-4-2/h15,17-18,20-21,29,49H,3-14,16,19,22-28,30-48,52H2,1-2H3,(H,55,56)/b17-15-,21-20-,29-18-. The molecule has 10 heteroatoms. The maximum atomic E-state index is 12.6. The van der Waals surface area contributed by atoms with Crippen molar-refractivity contribution < 1.29 is 37.6 Å². The van der Waals surface area contributed by atoms with Gasteiger partial charge in [0.25, 0.3) is 0 Å². The van der Waals surface area contributed by atoms with Crippen LogP contribution in [0.5, 0.6) is 0 Å². The van der Waals surface area contributed by atoms with E-state index in [9.17, 15) is 19.0 Å². The fourth-order valence-electron chi connectivity index (χ4n) is 7.19. The minimum atomic E-state index is -4.38. The van der Waals surface area contributed by atoms with Crippen LogP contribution in [0.2, 0.25) is 0 Å². The van der Waals surface area contributed by atoms with Crippen molar-refractivity contribution in [1.82, 2.24) is 0 Å². The van der Waals surface area contributed by atoms with Crippen molar-refractivity contribution in [2.45, 2.75) is 251 Å². The van der Waals surface area contributed by atoms with E-state index in [1.807, 2.05) is 0 Å². The predicted octanol–water partition coefficient (Wildman–Crippen LogP) is 15.3. The molecule has 3 N–H and O–H groups in total. The lowest BCUT2D eigenvalue weighted by Gasteiger charge is -2.19. The van der Waals surface area contributed by atoms with E-state index < -0.39 is 26.5 Å². The molecule has 0 heterocycles. The molecule has 0 aliphatic heterocycles. The Balaban J connectivity index is 4.01. The molecule has 0 rings (SSSR count). The van der Waals surface area contributed by atoms with E-state index in [0.29, 0.717) is 6.42 Å². The maximum Gasteiger partial charge on any atom is 0.472 e. The van der Waals surface area contributed by atoms with Gasteiger partial charge >= 0.3 is 19.8 Å². The Hall–Kier alpha value is -1.77. The van der Waals surface area contributed by atoms with Crippen molar-refractivity contribution in [2.24, 2.45) is 5.73 Å². The Morgan fingerprint density at radius 1 is 0.492 bits per heavy atom. The molecule has 0 radical (unpaired) electrons. The van der Waals surface area contributed by atoms with Crippen LogP contribution in [-0.2, 0) is 32.7 Å². The summed E-state index contributed by atoms with van der Waals surface area (Å²) in [4.78, 5) is 35.0. The molecule has 0 bridgehead atoms. The molecule has 0 saturated carbocycles. The lowest BCUT2D eigenvalue weighted by atomic mass is 10.0. The third-order valence-electron chi connectivity index (χ3n) is 11.0. The third kappa shape index (κ3) is 47.5. The van der Waals surface area contributed by atoms with Gasteiger partial charge in [-0.25, -0.2) is 4.57 Å². The number of ether oxygens (including phenoxy) is 2. The first-order valence-corrected chi connectivity index (χ1v) is 27.0. The number of allylic oxidation sites excluding steroid dienone is 6. The van der Waals surface area contributed by atoms with Gasteiger partial charge in [-0.3, -0.25) is 18.6 Å². The van der Waals surface area contributed by atoms with Crippen LogP contribution in [0.15, 0.2) is 36.5 Å². The molecule has 0 fully saturated rings. The van der Waals surface area contributed by atoms with Crippen molar-refractivity contribution in [3.63, 3.8) is 0 Å². The number of esters is 2. The molecular formula is C51H96NO8P. The molecule has 0 amide bonds. The summed E-state index contributed by atoms with van der Waals surface area (Å²) in [6.45, 7) is 3.74. The summed E-state index contributed by atoms with van der Waals surface area (Å²) in [5.74, 6) is -0.831. The largest absolute Gasteiger partial charge is 0.472 e. The number of carbonyl (C=O) groups excluding carboxylic acids is 2. The topological polar surface area (TPSA) is 134 Å². The molecule has 2 unspecified atom stereocenters. The zero-order valence-corrected chi connectivity index (χ0v) is 40.5. The third-order valence-corrected chi connectivity index (χ3v) is 12.0. The van der Waals surface area contributed by atoms with Gasteiger partial charge in [-0.1, -0.05) is 198 Å². The second kappa shape index (κ2) is 47.7. The highest BCUT2D eigenvalue weighted by atomic mass is 31.2. The highest BCUT2D eigenvalue weighted by Gasteiger charge is 2.26. The van der Waals surface area contributed by atoms with Crippen LogP contribution in [0.3, 0.4) is 0 Å². The summed E-state index contributed by atoms with van der Waals surface area (Å²) in [7, 11) is -4.38. The molecule has 0 aliphatic rings. The summed E-state index contributed by atoms with van der Waals surface area (Å²) < 4.78 is 32.9. The molecule has 9 nitrogen and oxygen atoms in total. The average molecular weight is 882 g/mol. The number of unbranched alkanes of at least 4 members (excludes halogenated alkanes) is 29. The molecule has 0 saturated heterocycles. The fourth-order valence-corrected chi connectivity index (χ4v) is 7.96. The molecule has 0 aliphatic carbocycles. The first-order chi connectivity index (χ1) is 29.8. The van der Waals surface area contributed by atoms with E-state index in [4.69, 9.17) is 24.3 Å². The molecule has 0 aromatic heterocycles. The second-order valence-corrected chi connectivity index (χ2v) is 18.5. The smallest absolute Gasteiger partial charge is 0.462 e. The molecule has 358 valence electrons. The SMILES string of the molecule is CCCCCCC/C=C\C/C=C\CCCCCCCCCCCCCCCC(=O)OC(COC(=O)CCCCCCC/C=C\CCCCCCCC)COP(=O)(O)OCCN. The number of hydrogen-bond donors (Lipinski definition) is 2. The van der Waals surface area contributed by atoms with Crippen molar-refractivity contribution in [2.75, 3.05) is 26.4 Å². The van der Waals surface area contributed by atoms with Crippen LogP contribution in [0.1, 0.15) is 245 Å².